The summed E-state index contributed by atoms with van der Waals surface area (Å²) >= 11 is 1.53. The molecule has 0 spiro atoms. The van der Waals surface area contributed by atoms with Gasteiger partial charge in [-0.15, -0.1) is 11.8 Å². The van der Waals surface area contributed by atoms with Crippen molar-refractivity contribution in [3.63, 3.8) is 0 Å². The van der Waals surface area contributed by atoms with Gasteiger partial charge in [0.05, 0.1) is 0 Å². The Kier molecular flexibility index (Phi) is 4.61. The number of carboxylic acid groups (broad SMARTS) is 1. The molecule has 27 heavy (non-hydrogen) atoms. The lowest BCUT2D eigenvalue weighted by Crippen LogP contribution is -2.51. The van der Waals surface area contributed by atoms with Gasteiger partial charge in [-0.2, -0.15) is 0 Å². The van der Waals surface area contributed by atoms with Crippen LogP contribution in [0.1, 0.15) is 26.9 Å². The van der Waals surface area contributed by atoms with E-state index in [2.05, 4.69) is 5.32 Å². The van der Waals surface area contributed by atoms with Gasteiger partial charge in [0.25, 0.3) is 5.91 Å². The average molecular weight is 382 g/mol. The highest BCUT2D eigenvalue weighted by atomic mass is 32.2. The van der Waals surface area contributed by atoms with E-state index in [1.807, 2.05) is 42.5 Å². The number of thioether (sulfide) groups is 1. The highest BCUT2D eigenvalue weighted by molar-refractivity contribution is 7.99. The molecule has 2 N–H and O–H groups in total. The monoisotopic (exact) mass is 382 g/mol. The normalized spacial score (nSPS) is 21.5. The number of aliphatic carboxylic acids is 1. The number of nitrogens with zero attached hydrogens (tertiary/aromatic N) is 1. The number of carbonyl (C=O) groups is 3. The Balaban J connectivity index is 1.50. The maximum Gasteiger partial charge on any atom is 0.326 e. The van der Waals surface area contributed by atoms with Gasteiger partial charge >= 0.3 is 5.97 Å². The topological polar surface area (TPSA) is 86.7 Å². The second-order valence-electron chi connectivity index (χ2n) is 6.59. The van der Waals surface area contributed by atoms with E-state index in [-0.39, 0.29) is 17.7 Å². The van der Waals surface area contributed by atoms with Crippen molar-refractivity contribution in [2.45, 2.75) is 23.9 Å². The smallest absolute Gasteiger partial charge is 0.326 e. The summed E-state index contributed by atoms with van der Waals surface area (Å²) in [4.78, 5) is 38.7. The molecule has 138 valence electrons. The second-order valence-corrected chi connectivity index (χ2v) is 7.70. The average Bonchev–Trinajstić information content (AvgIpc) is 3.23. The first kappa shape index (κ1) is 17.6. The Hall–Kier alpha value is -2.80. The van der Waals surface area contributed by atoms with Crippen LogP contribution in [0.4, 0.5) is 0 Å². The molecule has 2 aromatic rings. The van der Waals surface area contributed by atoms with Crippen LogP contribution in [0.2, 0.25) is 0 Å². The van der Waals surface area contributed by atoms with Crippen molar-refractivity contribution in [1.82, 2.24) is 10.2 Å². The largest absolute Gasteiger partial charge is 0.480 e. The third kappa shape index (κ3) is 3.19. The van der Waals surface area contributed by atoms with E-state index >= 15 is 0 Å². The molecular formula is C20H18N2O4S. The van der Waals surface area contributed by atoms with Crippen LogP contribution in [-0.4, -0.2) is 45.6 Å². The van der Waals surface area contributed by atoms with Gasteiger partial charge in [-0.25, -0.2) is 4.79 Å². The summed E-state index contributed by atoms with van der Waals surface area (Å²) in [6.45, 7) is 0. The summed E-state index contributed by atoms with van der Waals surface area (Å²) in [6, 6.07) is 14.8. The maximum absolute atomic E-state index is 12.8. The van der Waals surface area contributed by atoms with Gasteiger partial charge in [-0.3, -0.25) is 9.59 Å². The number of benzene rings is 2. The van der Waals surface area contributed by atoms with Gasteiger partial charge < -0.3 is 15.3 Å². The zero-order chi connectivity index (χ0) is 19.0. The van der Waals surface area contributed by atoms with E-state index in [1.165, 1.54) is 11.8 Å². The summed E-state index contributed by atoms with van der Waals surface area (Å²) in [5.41, 5.74) is 2.36. The van der Waals surface area contributed by atoms with E-state index in [4.69, 9.17) is 0 Å². The summed E-state index contributed by atoms with van der Waals surface area (Å²) in [7, 11) is 0. The summed E-state index contributed by atoms with van der Waals surface area (Å²) < 4.78 is 0. The van der Waals surface area contributed by atoms with Crippen molar-refractivity contribution >= 4 is 29.5 Å². The van der Waals surface area contributed by atoms with Crippen LogP contribution in [0, 0.1) is 0 Å². The van der Waals surface area contributed by atoms with Crippen LogP contribution in [-0.2, 0) is 16.0 Å². The zero-order valence-corrected chi connectivity index (χ0v) is 15.2. The fraction of sp³-hybridized carbons (Fsp3) is 0.250. The van der Waals surface area contributed by atoms with Crippen molar-refractivity contribution in [3.05, 3.63) is 71.3 Å². The van der Waals surface area contributed by atoms with Gasteiger partial charge in [0.2, 0.25) is 5.91 Å². The van der Waals surface area contributed by atoms with Gasteiger partial charge in [-0.05, 0) is 17.2 Å². The van der Waals surface area contributed by atoms with Gasteiger partial charge in [0.15, 0.2) is 0 Å². The number of hydrogen-bond donors (Lipinski definition) is 2. The molecule has 2 aromatic carbocycles. The molecule has 0 radical (unpaired) electrons. The lowest BCUT2D eigenvalue weighted by molar-refractivity contribution is -0.142. The number of carbonyl (C=O) groups excluding carboxylic acids is 2. The number of hydrogen-bond acceptors (Lipinski definition) is 4. The highest BCUT2D eigenvalue weighted by Gasteiger charge is 2.48. The van der Waals surface area contributed by atoms with E-state index < -0.39 is 24.0 Å². The van der Waals surface area contributed by atoms with Crippen LogP contribution >= 0.6 is 11.8 Å². The van der Waals surface area contributed by atoms with Gasteiger partial charge in [0.1, 0.15) is 17.5 Å². The van der Waals surface area contributed by atoms with Crippen LogP contribution in [0.5, 0.6) is 0 Å². The van der Waals surface area contributed by atoms with E-state index in [0.717, 1.165) is 11.1 Å². The zero-order valence-electron chi connectivity index (χ0n) is 14.4. The summed E-state index contributed by atoms with van der Waals surface area (Å²) in [5, 5.41) is 11.9. The SMILES string of the molecule is O=C(O)[C@@H](Cc1ccccc1)NC(=O)[C@@H]1CSC2c3ccccc3C(=O)N21. The molecule has 4 rings (SSSR count). The predicted octanol–water partition coefficient (Wildman–Crippen LogP) is 2.07. The molecule has 2 heterocycles. The first-order chi connectivity index (χ1) is 13.1. The molecule has 0 aromatic heterocycles. The Morgan fingerprint density at radius 2 is 1.85 bits per heavy atom. The number of rotatable bonds is 5. The van der Waals surface area contributed by atoms with E-state index in [0.29, 0.717) is 11.3 Å². The van der Waals surface area contributed by atoms with Crippen LogP contribution < -0.4 is 5.32 Å². The summed E-state index contributed by atoms with van der Waals surface area (Å²) in [6.07, 6.45) is 0.194. The molecule has 2 aliphatic rings. The van der Waals surface area contributed by atoms with Crippen LogP contribution in [0.3, 0.4) is 0 Å². The van der Waals surface area contributed by atoms with Crippen molar-refractivity contribution in [2.75, 3.05) is 5.75 Å². The number of amides is 2. The second kappa shape index (κ2) is 7.08. The van der Waals surface area contributed by atoms with Crippen LogP contribution in [0.25, 0.3) is 0 Å². The van der Waals surface area contributed by atoms with Crippen LogP contribution in [0.15, 0.2) is 54.6 Å². The molecule has 1 fully saturated rings. The quantitative estimate of drug-likeness (QED) is 0.827. The Morgan fingerprint density at radius 1 is 1.15 bits per heavy atom. The first-order valence-corrected chi connectivity index (χ1v) is 9.71. The Bertz CT molecular complexity index is 902. The van der Waals surface area contributed by atoms with E-state index in [9.17, 15) is 19.5 Å². The molecule has 2 aliphatic heterocycles. The third-order valence-electron chi connectivity index (χ3n) is 4.89. The fourth-order valence-electron chi connectivity index (χ4n) is 3.56. The lowest BCUT2D eigenvalue weighted by Gasteiger charge is -2.24. The molecule has 7 heteroatoms. The van der Waals surface area contributed by atoms with Crippen molar-refractivity contribution in [2.24, 2.45) is 0 Å². The molecule has 0 bridgehead atoms. The van der Waals surface area contributed by atoms with Crippen molar-refractivity contribution in [3.8, 4) is 0 Å². The predicted molar refractivity (Wildman–Crippen MR) is 101 cm³/mol. The molecule has 3 atom stereocenters. The Morgan fingerprint density at radius 3 is 2.59 bits per heavy atom. The maximum atomic E-state index is 12.8. The molecular weight excluding hydrogens is 364 g/mol. The van der Waals surface area contributed by atoms with Gasteiger partial charge in [0, 0.05) is 17.7 Å². The lowest BCUT2D eigenvalue weighted by atomic mass is 10.1. The number of fused-ring (bicyclic) bond motifs is 3. The molecule has 1 saturated heterocycles. The minimum absolute atomic E-state index is 0.171. The third-order valence-corrected chi connectivity index (χ3v) is 6.20. The highest BCUT2D eigenvalue weighted by Crippen LogP contribution is 2.48. The fourth-order valence-corrected chi connectivity index (χ4v) is 5.02. The molecule has 2 amide bonds. The number of carboxylic acids is 1. The molecule has 0 saturated carbocycles. The molecule has 6 nitrogen and oxygen atoms in total. The summed E-state index contributed by atoms with van der Waals surface area (Å²) in [5.74, 6) is -1.23. The first-order valence-electron chi connectivity index (χ1n) is 8.66. The molecule has 1 unspecified atom stereocenters. The van der Waals surface area contributed by atoms with E-state index in [1.54, 1.807) is 17.0 Å². The van der Waals surface area contributed by atoms with Crippen molar-refractivity contribution in [1.29, 1.82) is 0 Å². The minimum Gasteiger partial charge on any atom is -0.480 e. The Labute approximate surface area is 160 Å². The number of nitrogens with one attached hydrogen (secondary N) is 1. The van der Waals surface area contributed by atoms with Gasteiger partial charge in [-0.1, -0.05) is 48.5 Å². The van der Waals surface area contributed by atoms with Crippen molar-refractivity contribution < 1.29 is 19.5 Å². The standard InChI is InChI=1S/C20H18N2O4S/c23-17(21-15(20(25)26)10-12-6-2-1-3-7-12)16-11-27-19-14-9-5-4-8-13(14)18(24)22(16)19/h1-9,15-16,19H,10-11H2,(H,21,23)(H,25,26)/t15-,16+,19?/m1/s1. The minimum atomic E-state index is -1.09. The molecule has 0 aliphatic carbocycles.